The first-order valence-electron chi connectivity index (χ1n) is 13.3. The highest BCUT2D eigenvalue weighted by Crippen LogP contribution is 2.39. The minimum atomic E-state index is -4.82. The summed E-state index contributed by atoms with van der Waals surface area (Å²) < 4.78 is 44.2. The van der Waals surface area contributed by atoms with Gasteiger partial charge in [0.1, 0.15) is 0 Å². The number of fused-ring (bicyclic) bond motifs is 1. The number of amides is 1. The lowest BCUT2D eigenvalue weighted by molar-refractivity contribution is -0.147. The number of benzene rings is 2. The van der Waals surface area contributed by atoms with E-state index >= 15 is 0 Å². The van der Waals surface area contributed by atoms with Gasteiger partial charge in [0.2, 0.25) is 0 Å². The second kappa shape index (κ2) is 11.5. The van der Waals surface area contributed by atoms with E-state index in [0.29, 0.717) is 11.4 Å². The number of allylic oxidation sites excluding steroid dienone is 1. The molecule has 1 aromatic heterocycles. The van der Waals surface area contributed by atoms with Crippen molar-refractivity contribution in [3.63, 3.8) is 0 Å². The number of hydrogen-bond donors (Lipinski definition) is 1. The van der Waals surface area contributed by atoms with E-state index in [1.54, 1.807) is 24.3 Å². The molecule has 6 nitrogen and oxygen atoms in total. The van der Waals surface area contributed by atoms with Gasteiger partial charge in [0, 0.05) is 18.1 Å². The van der Waals surface area contributed by atoms with E-state index in [1.807, 2.05) is 24.3 Å². The maximum atomic E-state index is 14.5. The molecular weight excluding hydrogens is 543 g/mol. The zero-order valence-electron chi connectivity index (χ0n) is 21.7. The highest BCUT2D eigenvalue weighted by atomic mass is 35.5. The smallest absolute Gasteiger partial charge is 0.433 e. The van der Waals surface area contributed by atoms with Crippen LogP contribution in [0.3, 0.4) is 0 Å². The fraction of sp³-hybridized carbons (Fsp3) is 0.367. The number of alkyl halides is 3. The van der Waals surface area contributed by atoms with Gasteiger partial charge in [-0.1, -0.05) is 54.1 Å². The number of carbonyl (C=O) groups is 2. The molecule has 5 rings (SSSR count). The Morgan fingerprint density at radius 2 is 1.80 bits per heavy atom. The summed E-state index contributed by atoms with van der Waals surface area (Å²) in [5.41, 5.74) is 2.47. The van der Waals surface area contributed by atoms with Crippen LogP contribution in [-0.2, 0) is 30.4 Å². The van der Waals surface area contributed by atoms with Crippen LogP contribution in [0.4, 0.5) is 13.2 Å². The van der Waals surface area contributed by atoms with Crippen molar-refractivity contribution in [2.24, 2.45) is 5.92 Å². The van der Waals surface area contributed by atoms with Crippen LogP contribution in [0.1, 0.15) is 70.0 Å². The Balaban J connectivity index is 1.44. The minimum Gasteiger partial charge on any atom is -0.481 e. The van der Waals surface area contributed by atoms with Crippen molar-refractivity contribution in [1.29, 1.82) is 0 Å². The molecule has 0 bridgehead atoms. The number of aliphatic carboxylic acids is 1. The summed E-state index contributed by atoms with van der Waals surface area (Å²) in [4.78, 5) is 26.6. The Labute approximate surface area is 235 Å². The summed E-state index contributed by atoms with van der Waals surface area (Å²) in [6, 6.07) is 12.2. The third-order valence-corrected chi connectivity index (χ3v) is 8.07. The quantitative estimate of drug-likeness (QED) is 0.322. The molecule has 2 aromatic carbocycles. The molecule has 0 aliphatic heterocycles. The van der Waals surface area contributed by atoms with Crippen LogP contribution in [0.25, 0.3) is 6.08 Å². The van der Waals surface area contributed by atoms with Gasteiger partial charge in [-0.25, -0.2) is 0 Å². The number of carbonyl (C=O) groups excluding carboxylic acids is 1. The van der Waals surface area contributed by atoms with E-state index in [0.717, 1.165) is 34.0 Å². The van der Waals surface area contributed by atoms with Crippen molar-refractivity contribution in [2.45, 2.75) is 57.3 Å². The molecule has 1 amide bonds. The van der Waals surface area contributed by atoms with Gasteiger partial charge in [-0.05, 0) is 72.9 Å². The number of aromatic nitrogens is 2. The third-order valence-electron chi connectivity index (χ3n) is 7.82. The van der Waals surface area contributed by atoms with Crippen LogP contribution in [0.15, 0.2) is 54.7 Å². The first kappa shape index (κ1) is 28.0. The molecule has 0 spiro atoms. The summed E-state index contributed by atoms with van der Waals surface area (Å²) in [5, 5.41) is 13.8. The van der Waals surface area contributed by atoms with E-state index < -0.39 is 41.3 Å². The second-order valence-corrected chi connectivity index (χ2v) is 10.8. The van der Waals surface area contributed by atoms with Crippen LogP contribution in [0, 0.1) is 5.92 Å². The van der Waals surface area contributed by atoms with Gasteiger partial charge in [0.25, 0.3) is 5.91 Å². The third kappa shape index (κ3) is 5.94. The molecule has 1 N–H and O–H groups in total. The van der Waals surface area contributed by atoms with Crippen molar-refractivity contribution < 1.29 is 27.9 Å². The van der Waals surface area contributed by atoms with E-state index in [9.17, 15) is 27.9 Å². The molecule has 2 aliphatic rings. The van der Waals surface area contributed by atoms with Crippen molar-refractivity contribution in [3.05, 3.63) is 93.3 Å². The summed E-state index contributed by atoms with van der Waals surface area (Å²) in [6.07, 6.45) is 2.62. The summed E-state index contributed by atoms with van der Waals surface area (Å²) >= 11 is 6.02. The molecule has 3 aromatic rings. The average molecular weight is 572 g/mol. The number of hydrogen-bond acceptors (Lipinski definition) is 3. The van der Waals surface area contributed by atoms with Gasteiger partial charge in [0.05, 0.1) is 23.7 Å². The molecule has 1 saturated carbocycles. The van der Waals surface area contributed by atoms with Gasteiger partial charge in [0.15, 0.2) is 5.69 Å². The Morgan fingerprint density at radius 1 is 1.07 bits per heavy atom. The fourth-order valence-electron chi connectivity index (χ4n) is 5.71. The Hall–Kier alpha value is -3.59. The number of carboxylic acids is 1. The minimum absolute atomic E-state index is 0.104. The molecule has 1 heterocycles. The lowest BCUT2D eigenvalue weighted by Gasteiger charge is -2.28. The molecule has 0 saturated heterocycles. The molecule has 10 heteroatoms. The number of rotatable bonds is 8. The van der Waals surface area contributed by atoms with Crippen LogP contribution in [0.5, 0.6) is 0 Å². The normalized spacial score (nSPS) is 18.5. The van der Waals surface area contributed by atoms with Gasteiger partial charge in [-0.3, -0.25) is 14.3 Å². The number of carboxylic acid groups (broad SMARTS) is 1. The zero-order chi connectivity index (χ0) is 28.4. The molecule has 210 valence electrons. The summed E-state index contributed by atoms with van der Waals surface area (Å²) in [5.74, 6) is -2.27. The first-order chi connectivity index (χ1) is 19.1. The van der Waals surface area contributed by atoms with E-state index in [1.165, 1.54) is 10.5 Å². The highest BCUT2D eigenvalue weighted by molar-refractivity contribution is 6.30. The first-order valence-corrected chi connectivity index (χ1v) is 13.7. The fourth-order valence-corrected chi connectivity index (χ4v) is 5.84. The van der Waals surface area contributed by atoms with Crippen molar-refractivity contribution in [3.8, 4) is 0 Å². The van der Waals surface area contributed by atoms with Crippen molar-refractivity contribution in [2.75, 3.05) is 6.54 Å². The zero-order valence-corrected chi connectivity index (χ0v) is 22.5. The Morgan fingerprint density at radius 3 is 2.48 bits per heavy atom. The SMILES string of the molecule is O=C(O)C1CCC(n2ncc(C(=O)N(CCc3cccc4c3C=CC4)Cc3ccc(Cl)cc3)c2C(F)(F)F)CC1. The van der Waals surface area contributed by atoms with Crippen LogP contribution in [-0.4, -0.2) is 38.2 Å². The van der Waals surface area contributed by atoms with Crippen molar-refractivity contribution in [1.82, 2.24) is 14.7 Å². The monoisotopic (exact) mass is 571 g/mol. The lowest BCUT2D eigenvalue weighted by atomic mass is 9.86. The Kier molecular flexibility index (Phi) is 8.03. The van der Waals surface area contributed by atoms with Gasteiger partial charge >= 0.3 is 12.1 Å². The number of nitrogens with zero attached hydrogens (tertiary/aromatic N) is 3. The predicted molar refractivity (Wildman–Crippen MR) is 145 cm³/mol. The topological polar surface area (TPSA) is 75.4 Å². The largest absolute Gasteiger partial charge is 0.481 e. The Bertz CT molecular complexity index is 1420. The standard InChI is InChI=1S/C30H29ClF3N3O3/c31-23-11-7-19(8-12-23)18-36(16-15-21-4-1-3-20-5-2-6-25(20)21)28(38)26-17-35-37(27(26)30(32,33)34)24-13-9-22(10-14-24)29(39)40/h1-4,6-8,11-12,17,22,24H,5,9-10,13-16,18H2,(H,39,40). The second-order valence-electron chi connectivity index (χ2n) is 10.4. The summed E-state index contributed by atoms with van der Waals surface area (Å²) in [6.45, 7) is 0.311. The van der Waals surface area contributed by atoms with Crippen LogP contribution >= 0.6 is 11.6 Å². The molecule has 40 heavy (non-hydrogen) atoms. The molecule has 0 atom stereocenters. The van der Waals surface area contributed by atoms with Gasteiger partial charge < -0.3 is 10.0 Å². The summed E-state index contributed by atoms with van der Waals surface area (Å²) in [7, 11) is 0. The average Bonchev–Trinajstić information content (AvgIpc) is 3.60. The molecular formula is C30H29ClF3N3O3. The van der Waals surface area contributed by atoms with E-state index in [-0.39, 0.29) is 38.8 Å². The van der Waals surface area contributed by atoms with Gasteiger partial charge in [-0.15, -0.1) is 0 Å². The molecule has 0 unspecified atom stereocenters. The molecule has 0 radical (unpaired) electrons. The van der Waals surface area contributed by atoms with Gasteiger partial charge in [-0.2, -0.15) is 18.3 Å². The van der Waals surface area contributed by atoms with E-state index in [2.05, 4.69) is 11.2 Å². The van der Waals surface area contributed by atoms with Crippen molar-refractivity contribution >= 4 is 29.6 Å². The van der Waals surface area contributed by atoms with Crippen LogP contribution < -0.4 is 0 Å². The highest BCUT2D eigenvalue weighted by Gasteiger charge is 2.43. The molecule has 1 fully saturated rings. The predicted octanol–water partition coefficient (Wildman–Crippen LogP) is 6.83. The maximum Gasteiger partial charge on any atom is 0.433 e. The van der Waals surface area contributed by atoms with E-state index in [4.69, 9.17) is 11.6 Å². The number of halogens is 4. The lowest BCUT2D eigenvalue weighted by Crippen LogP contribution is -2.34. The molecule has 2 aliphatic carbocycles. The van der Waals surface area contributed by atoms with Crippen LogP contribution in [0.2, 0.25) is 5.02 Å². The maximum absolute atomic E-state index is 14.5.